The van der Waals surface area contributed by atoms with Gasteiger partial charge in [-0.05, 0) is 48.9 Å². The number of hydrogen-bond donors (Lipinski definition) is 1. The summed E-state index contributed by atoms with van der Waals surface area (Å²) in [7, 11) is 2.77. The molecule has 4 rings (SSSR count). The Morgan fingerprint density at radius 1 is 1.12 bits per heavy atom. The van der Waals surface area contributed by atoms with Crippen LogP contribution in [0.1, 0.15) is 47.2 Å². The zero-order chi connectivity index (χ0) is 22.8. The van der Waals surface area contributed by atoms with Crippen LogP contribution in [0.25, 0.3) is 10.9 Å². The Kier molecular flexibility index (Phi) is 6.58. The number of halogens is 2. The van der Waals surface area contributed by atoms with E-state index in [0.29, 0.717) is 43.6 Å². The maximum atomic E-state index is 13.1. The van der Waals surface area contributed by atoms with Crippen molar-refractivity contribution in [2.45, 2.75) is 38.2 Å². The molecule has 1 aliphatic rings. The molecule has 1 fully saturated rings. The van der Waals surface area contributed by atoms with Crippen LogP contribution in [-0.4, -0.2) is 36.3 Å². The minimum atomic E-state index is -0.751. The molecule has 0 saturated heterocycles. The van der Waals surface area contributed by atoms with Crippen molar-refractivity contribution in [1.82, 2.24) is 9.97 Å². The third kappa shape index (κ3) is 4.14. The van der Waals surface area contributed by atoms with Crippen LogP contribution >= 0.6 is 23.2 Å². The molecule has 1 aliphatic carbocycles. The van der Waals surface area contributed by atoms with Crippen LogP contribution in [0.3, 0.4) is 0 Å². The van der Waals surface area contributed by atoms with Gasteiger partial charge in [0.05, 0.1) is 35.9 Å². The first kappa shape index (κ1) is 22.4. The van der Waals surface area contributed by atoms with Crippen molar-refractivity contribution in [3.8, 4) is 11.5 Å². The number of methoxy groups -OCH3 is 2. The van der Waals surface area contributed by atoms with Crippen molar-refractivity contribution in [3.63, 3.8) is 0 Å². The Hall–Kier alpha value is -2.77. The van der Waals surface area contributed by atoms with Crippen molar-refractivity contribution < 1.29 is 19.0 Å². The standard InChI is InChI=1S/C23H22Cl2N2O5/c1-30-18-8-7-13-14(9-15-16(24)10-26-11-17(15)25)19(23(29)31-2)22(28)27-20(13)21(18)32-12-5-3-4-6-12/h7-8,10-12H,3-6,9H2,1-2H3,(H,27,28). The predicted molar refractivity (Wildman–Crippen MR) is 122 cm³/mol. The van der Waals surface area contributed by atoms with Crippen molar-refractivity contribution >= 4 is 40.1 Å². The second kappa shape index (κ2) is 9.38. The van der Waals surface area contributed by atoms with E-state index in [1.165, 1.54) is 19.5 Å². The number of H-pyrrole nitrogens is 1. The number of rotatable bonds is 6. The number of fused-ring (bicyclic) bond motifs is 1. The van der Waals surface area contributed by atoms with Crippen LogP contribution < -0.4 is 15.0 Å². The molecule has 0 aliphatic heterocycles. The van der Waals surface area contributed by atoms with Gasteiger partial charge < -0.3 is 19.2 Å². The number of pyridine rings is 2. The fraction of sp³-hybridized carbons (Fsp3) is 0.348. The second-order valence-corrected chi connectivity index (χ2v) is 8.42. The molecule has 9 heteroatoms. The molecule has 32 heavy (non-hydrogen) atoms. The zero-order valence-corrected chi connectivity index (χ0v) is 19.2. The minimum absolute atomic E-state index is 0.0332. The highest BCUT2D eigenvalue weighted by Crippen LogP contribution is 2.39. The van der Waals surface area contributed by atoms with Gasteiger partial charge in [0.15, 0.2) is 11.5 Å². The molecule has 0 radical (unpaired) electrons. The largest absolute Gasteiger partial charge is 0.493 e. The number of aromatic amines is 1. The third-order valence-corrected chi connectivity index (χ3v) is 6.37. The highest BCUT2D eigenvalue weighted by atomic mass is 35.5. The van der Waals surface area contributed by atoms with E-state index in [2.05, 4.69) is 9.97 Å². The van der Waals surface area contributed by atoms with E-state index in [0.717, 1.165) is 25.7 Å². The molecule has 3 aromatic rings. The summed E-state index contributed by atoms with van der Waals surface area (Å²) in [4.78, 5) is 32.4. The number of esters is 1. The molecule has 0 amide bonds. The molecule has 7 nitrogen and oxygen atoms in total. The van der Waals surface area contributed by atoms with E-state index in [4.69, 9.17) is 37.4 Å². The summed E-state index contributed by atoms with van der Waals surface area (Å²) in [6.07, 6.45) is 7.13. The first-order chi connectivity index (χ1) is 15.4. The molecule has 0 unspecified atom stereocenters. The van der Waals surface area contributed by atoms with Crippen molar-refractivity contribution in [2.75, 3.05) is 14.2 Å². The van der Waals surface area contributed by atoms with Crippen LogP contribution in [0.4, 0.5) is 0 Å². The van der Waals surface area contributed by atoms with Gasteiger partial charge in [0, 0.05) is 24.2 Å². The number of ether oxygens (including phenoxy) is 3. The maximum absolute atomic E-state index is 13.1. The molecule has 168 valence electrons. The topological polar surface area (TPSA) is 90.5 Å². The summed E-state index contributed by atoms with van der Waals surface area (Å²) in [5.41, 5.74) is 0.732. The molecule has 2 heterocycles. The SMILES string of the molecule is COC(=O)c1c(Cc2c(Cl)cncc2Cl)c2ccc(OC)c(OC3CCCC3)c2[nH]c1=O. The second-order valence-electron chi connectivity index (χ2n) is 7.60. The first-order valence-electron chi connectivity index (χ1n) is 10.2. The first-order valence-corrected chi connectivity index (χ1v) is 11.0. The maximum Gasteiger partial charge on any atom is 0.343 e. The fourth-order valence-electron chi connectivity index (χ4n) is 4.12. The van der Waals surface area contributed by atoms with Gasteiger partial charge in [-0.3, -0.25) is 9.78 Å². The van der Waals surface area contributed by atoms with Gasteiger partial charge in [-0.2, -0.15) is 0 Å². The van der Waals surface area contributed by atoms with Gasteiger partial charge in [-0.25, -0.2) is 4.79 Å². The molecule has 1 saturated carbocycles. The molecule has 1 N–H and O–H groups in total. The highest BCUT2D eigenvalue weighted by molar-refractivity contribution is 6.35. The van der Waals surface area contributed by atoms with E-state index >= 15 is 0 Å². The number of carbonyl (C=O) groups is 1. The Bertz CT molecular complexity index is 1220. The lowest BCUT2D eigenvalue weighted by Gasteiger charge is -2.20. The Morgan fingerprint density at radius 2 is 1.81 bits per heavy atom. The zero-order valence-electron chi connectivity index (χ0n) is 17.7. The Balaban J connectivity index is 1.98. The molecular weight excluding hydrogens is 455 g/mol. The van der Waals surface area contributed by atoms with E-state index in [-0.39, 0.29) is 18.1 Å². The number of nitrogens with zero attached hydrogens (tertiary/aromatic N) is 1. The normalized spacial score (nSPS) is 14.0. The summed E-state index contributed by atoms with van der Waals surface area (Å²) in [6.45, 7) is 0. The van der Waals surface area contributed by atoms with Crippen LogP contribution in [0.15, 0.2) is 29.3 Å². The summed E-state index contributed by atoms with van der Waals surface area (Å²) < 4.78 is 16.7. The average molecular weight is 477 g/mol. The van der Waals surface area contributed by atoms with Gasteiger partial charge in [-0.15, -0.1) is 0 Å². The monoisotopic (exact) mass is 476 g/mol. The number of benzene rings is 1. The van der Waals surface area contributed by atoms with Gasteiger partial charge in [0.25, 0.3) is 5.56 Å². The Labute approximate surface area is 194 Å². The van der Waals surface area contributed by atoms with Crippen molar-refractivity contribution in [3.05, 3.63) is 61.6 Å². The van der Waals surface area contributed by atoms with Crippen LogP contribution in [-0.2, 0) is 11.2 Å². The summed E-state index contributed by atoms with van der Waals surface area (Å²) >= 11 is 12.7. The third-order valence-electron chi connectivity index (χ3n) is 5.72. The Morgan fingerprint density at radius 3 is 2.44 bits per heavy atom. The molecule has 0 atom stereocenters. The number of aromatic nitrogens is 2. The molecular formula is C23H22Cl2N2O5. The van der Waals surface area contributed by atoms with Crippen LogP contribution in [0.5, 0.6) is 11.5 Å². The fourth-order valence-corrected chi connectivity index (χ4v) is 4.62. The predicted octanol–water partition coefficient (Wildman–Crippen LogP) is 4.94. The van der Waals surface area contributed by atoms with Crippen molar-refractivity contribution in [1.29, 1.82) is 0 Å². The number of hydrogen-bond acceptors (Lipinski definition) is 6. The smallest absolute Gasteiger partial charge is 0.343 e. The summed E-state index contributed by atoms with van der Waals surface area (Å²) in [5.74, 6) is 0.189. The van der Waals surface area contributed by atoms with E-state index in [1.807, 2.05) is 0 Å². The lowest BCUT2D eigenvalue weighted by atomic mass is 9.96. The van der Waals surface area contributed by atoms with E-state index in [1.54, 1.807) is 19.2 Å². The van der Waals surface area contributed by atoms with Gasteiger partial charge in [-0.1, -0.05) is 23.2 Å². The van der Waals surface area contributed by atoms with Crippen molar-refractivity contribution in [2.24, 2.45) is 0 Å². The lowest BCUT2D eigenvalue weighted by Crippen LogP contribution is -2.23. The van der Waals surface area contributed by atoms with Crippen LogP contribution in [0, 0.1) is 0 Å². The molecule has 2 aromatic heterocycles. The van der Waals surface area contributed by atoms with E-state index in [9.17, 15) is 9.59 Å². The average Bonchev–Trinajstić information content (AvgIpc) is 3.29. The summed E-state index contributed by atoms with van der Waals surface area (Å²) in [5, 5.41) is 1.28. The lowest BCUT2D eigenvalue weighted by molar-refractivity contribution is 0.0598. The molecule has 1 aromatic carbocycles. The van der Waals surface area contributed by atoms with Crippen LogP contribution in [0.2, 0.25) is 10.0 Å². The molecule has 0 bridgehead atoms. The highest BCUT2D eigenvalue weighted by Gasteiger charge is 2.26. The van der Waals surface area contributed by atoms with E-state index < -0.39 is 11.5 Å². The van der Waals surface area contributed by atoms with Gasteiger partial charge in [0.2, 0.25) is 0 Å². The summed E-state index contributed by atoms with van der Waals surface area (Å²) in [6, 6.07) is 3.53. The molecule has 0 spiro atoms. The number of nitrogens with one attached hydrogen (secondary N) is 1. The van der Waals surface area contributed by atoms with Gasteiger partial charge >= 0.3 is 5.97 Å². The van der Waals surface area contributed by atoms with Gasteiger partial charge in [0.1, 0.15) is 5.56 Å². The number of carbonyl (C=O) groups excluding carboxylic acids is 1. The quantitative estimate of drug-likeness (QED) is 0.506. The minimum Gasteiger partial charge on any atom is -0.493 e.